The summed E-state index contributed by atoms with van der Waals surface area (Å²) in [5, 5.41) is 6.16. The van der Waals surface area contributed by atoms with Crippen LogP contribution in [0, 0.1) is 0 Å². The molecule has 6 heteroatoms. The number of rotatable bonds is 4. The lowest BCUT2D eigenvalue weighted by Crippen LogP contribution is -2.43. The van der Waals surface area contributed by atoms with E-state index in [9.17, 15) is 13.2 Å². The van der Waals surface area contributed by atoms with Gasteiger partial charge in [-0.2, -0.15) is 0 Å². The first-order valence-corrected chi connectivity index (χ1v) is 10.1. The van der Waals surface area contributed by atoms with Crippen molar-refractivity contribution in [1.29, 1.82) is 0 Å². The van der Waals surface area contributed by atoms with Crippen LogP contribution in [-0.4, -0.2) is 37.9 Å². The summed E-state index contributed by atoms with van der Waals surface area (Å²) in [5.74, 6) is 0.0959. The van der Waals surface area contributed by atoms with Crippen LogP contribution in [0.25, 0.3) is 0 Å². The molecule has 1 amide bonds. The van der Waals surface area contributed by atoms with E-state index in [-0.39, 0.29) is 29.5 Å². The van der Waals surface area contributed by atoms with E-state index in [1.807, 2.05) is 19.1 Å². The minimum Gasteiger partial charge on any atom is -0.374 e. The molecule has 2 N–H and O–H groups in total. The summed E-state index contributed by atoms with van der Waals surface area (Å²) < 4.78 is 23.0. The lowest BCUT2D eigenvalue weighted by atomic mass is 9.90. The van der Waals surface area contributed by atoms with Crippen LogP contribution in [0.15, 0.2) is 18.2 Å². The topological polar surface area (TPSA) is 75.3 Å². The molecule has 3 rings (SSSR count). The minimum absolute atomic E-state index is 0.0617. The highest BCUT2D eigenvalue weighted by Crippen LogP contribution is 2.28. The van der Waals surface area contributed by atoms with Gasteiger partial charge in [-0.25, -0.2) is 8.42 Å². The van der Waals surface area contributed by atoms with E-state index in [2.05, 4.69) is 16.7 Å². The SMILES string of the molecule is C[C@@H](Nc1cccc2c1CCCC2)C(=O)N[C@H]1CCS(=O)(=O)C1. The maximum absolute atomic E-state index is 12.3. The Hall–Kier alpha value is -1.56. The Kier molecular flexibility index (Phi) is 4.62. The third-order valence-electron chi connectivity index (χ3n) is 4.74. The van der Waals surface area contributed by atoms with Crippen LogP contribution in [-0.2, 0) is 27.5 Å². The van der Waals surface area contributed by atoms with E-state index in [0.717, 1.165) is 18.5 Å². The number of amides is 1. The van der Waals surface area contributed by atoms with Crippen molar-refractivity contribution in [3.8, 4) is 0 Å². The van der Waals surface area contributed by atoms with Crippen molar-refractivity contribution < 1.29 is 13.2 Å². The number of hydrogen-bond donors (Lipinski definition) is 2. The summed E-state index contributed by atoms with van der Waals surface area (Å²) in [7, 11) is -2.97. The first-order chi connectivity index (χ1) is 10.9. The highest BCUT2D eigenvalue weighted by Gasteiger charge is 2.30. The normalized spacial score (nSPS) is 23.8. The second-order valence-electron chi connectivity index (χ2n) is 6.62. The van der Waals surface area contributed by atoms with Gasteiger partial charge in [0.1, 0.15) is 6.04 Å². The number of aryl methyl sites for hydroxylation is 1. The summed E-state index contributed by atoms with van der Waals surface area (Å²) in [4.78, 5) is 12.3. The molecule has 1 aliphatic heterocycles. The average molecular weight is 336 g/mol. The number of nitrogens with one attached hydrogen (secondary N) is 2. The molecule has 1 aromatic carbocycles. The second-order valence-corrected chi connectivity index (χ2v) is 8.85. The van der Waals surface area contributed by atoms with Gasteiger partial charge in [0, 0.05) is 11.7 Å². The Morgan fingerprint density at radius 3 is 2.78 bits per heavy atom. The molecular weight excluding hydrogens is 312 g/mol. The summed E-state index contributed by atoms with van der Waals surface area (Å²) >= 11 is 0. The number of anilines is 1. The zero-order valence-electron chi connectivity index (χ0n) is 13.5. The van der Waals surface area contributed by atoms with E-state index in [0.29, 0.717) is 6.42 Å². The predicted octanol–water partition coefficient (Wildman–Crippen LogP) is 1.67. The van der Waals surface area contributed by atoms with Crippen LogP contribution in [0.4, 0.5) is 5.69 Å². The number of carbonyl (C=O) groups is 1. The van der Waals surface area contributed by atoms with Gasteiger partial charge in [0.05, 0.1) is 11.5 Å². The third kappa shape index (κ3) is 3.86. The first kappa shape index (κ1) is 16.3. The molecule has 0 unspecified atom stereocenters. The van der Waals surface area contributed by atoms with E-state index in [1.54, 1.807) is 0 Å². The van der Waals surface area contributed by atoms with Crippen molar-refractivity contribution in [2.24, 2.45) is 0 Å². The molecule has 0 aromatic heterocycles. The van der Waals surface area contributed by atoms with Gasteiger partial charge in [0.15, 0.2) is 9.84 Å². The van der Waals surface area contributed by atoms with Crippen LogP contribution in [0.3, 0.4) is 0 Å². The number of sulfone groups is 1. The lowest BCUT2D eigenvalue weighted by molar-refractivity contribution is -0.122. The minimum atomic E-state index is -2.97. The van der Waals surface area contributed by atoms with Gasteiger partial charge < -0.3 is 10.6 Å². The van der Waals surface area contributed by atoms with E-state index >= 15 is 0 Å². The maximum atomic E-state index is 12.3. The number of hydrogen-bond acceptors (Lipinski definition) is 4. The Balaban J connectivity index is 1.63. The quantitative estimate of drug-likeness (QED) is 0.877. The van der Waals surface area contributed by atoms with Crippen molar-refractivity contribution in [1.82, 2.24) is 5.32 Å². The molecule has 5 nitrogen and oxygen atoms in total. The van der Waals surface area contributed by atoms with E-state index in [4.69, 9.17) is 0 Å². The second kappa shape index (κ2) is 6.51. The molecule has 0 spiro atoms. The van der Waals surface area contributed by atoms with E-state index in [1.165, 1.54) is 24.0 Å². The Labute approximate surface area is 137 Å². The van der Waals surface area contributed by atoms with Gasteiger partial charge >= 0.3 is 0 Å². The highest BCUT2D eigenvalue weighted by atomic mass is 32.2. The van der Waals surface area contributed by atoms with Crippen LogP contribution < -0.4 is 10.6 Å². The maximum Gasteiger partial charge on any atom is 0.242 e. The highest BCUT2D eigenvalue weighted by molar-refractivity contribution is 7.91. The van der Waals surface area contributed by atoms with Gasteiger partial charge in [0.2, 0.25) is 5.91 Å². The molecule has 0 bridgehead atoms. The molecule has 0 radical (unpaired) electrons. The molecule has 126 valence electrons. The first-order valence-electron chi connectivity index (χ1n) is 8.33. The zero-order valence-corrected chi connectivity index (χ0v) is 14.3. The van der Waals surface area contributed by atoms with Gasteiger partial charge in [-0.15, -0.1) is 0 Å². The van der Waals surface area contributed by atoms with Crippen LogP contribution in [0.2, 0.25) is 0 Å². The number of carbonyl (C=O) groups excluding carboxylic acids is 1. The van der Waals surface area contributed by atoms with Crippen LogP contribution in [0.5, 0.6) is 0 Å². The van der Waals surface area contributed by atoms with Gasteiger partial charge in [0.25, 0.3) is 0 Å². The third-order valence-corrected chi connectivity index (χ3v) is 6.51. The fourth-order valence-corrected chi connectivity index (χ4v) is 5.12. The summed E-state index contributed by atoms with van der Waals surface area (Å²) in [6, 6.07) is 5.58. The molecule has 1 aliphatic carbocycles. The summed E-state index contributed by atoms with van der Waals surface area (Å²) in [6.07, 6.45) is 5.08. The number of benzene rings is 1. The smallest absolute Gasteiger partial charge is 0.242 e. The predicted molar refractivity (Wildman–Crippen MR) is 91.4 cm³/mol. The van der Waals surface area contributed by atoms with Gasteiger partial charge in [-0.1, -0.05) is 12.1 Å². The molecule has 1 fully saturated rings. The fraction of sp³-hybridized carbons (Fsp3) is 0.588. The molecular formula is C17H24N2O3S. The molecule has 1 saturated heterocycles. The lowest BCUT2D eigenvalue weighted by Gasteiger charge is -2.23. The molecule has 1 aromatic rings. The molecule has 1 heterocycles. The van der Waals surface area contributed by atoms with Gasteiger partial charge in [-0.3, -0.25) is 4.79 Å². The zero-order chi connectivity index (χ0) is 16.4. The van der Waals surface area contributed by atoms with Crippen molar-refractivity contribution in [3.63, 3.8) is 0 Å². The van der Waals surface area contributed by atoms with Crippen LogP contribution in [0.1, 0.15) is 37.3 Å². The molecule has 23 heavy (non-hydrogen) atoms. The Morgan fingerprint density at radius 1 is 1.26 bits per heavy atom. The summed E-state index contributed by atoms with van der Waals surface area (Å²) in [6.45, 7) is 1.82. The monoisotopic (exact) mass is 336 g/mol. The fourth-order valence-electron chi connectivity index (χ4n) is 3.45. The molecule has 2 aliphatic rings. The van der Waals surface area contributed by atoms with Crippen molar-refractivity contribution >= 4 is 21.4 Å². The molecule has 0 saturated carbocycles. The van der Waals surface area contributed by atoms with Crippen molar-refractivity contribution in [2.75, 3.05) is 16.8 Å². The Morgan fingerprint density at radius 2 is 2.04 bits per heavy atom. The average Bonchev–Trinajstić information content (AvgIpc) is 2.86. The standard InChI is InChI=1S/C17H24N2O3S/c1-12(17(20)19-14-9-10-23(21,22)11-14)18-16-8-4-6-13-5-2-3-7-15(13)16/h4,6,8,12,14,18H,2-3,5,7,9-11H2,1H3,(H,19,20)/t12-,14+/m1/s1. The van der Waals surface area contributed by atoms with E-state index < -0.39 is 9.84 Å². The Bertz CT molecular complexity index is 700. The largest absolute Gasteiger partial charge is 0.374 e. The summed E-state index contributed by atoms with van der Waals surface area (Å²) in [5.41, 5.74) is 3.72. The van der Waals surface area contributed by atoms with Crippen molar-refractivity contribution in [2.45, 2.75) is 51.1 Å². The van der Waals surface area contributed by atoms with Crippen molar-refractivity contribution in [3.05, 3.63) is 29.3 Å². The number of fused-ring (bicyclic) bond motifs is 1. The van der Waals surface area contributed by atoms with Crippen LogP contribution >= 0.6 is 0 Å². The van der Waals surface area contributed by atoms with Gasteiger partial charge in [-0.05, 0) is 56.2 Å². The molecule has 2 atom stereocenters.